The summed E-state index contributed by atoms with van der Waals surface area (Å²) in [4.78, 5) is 29.5. The van der Waals surface area contributed by atoms with Crippen molar-refractivity contribution in [2.24, 2.45) is 5.92 Å². The number of anilines is 1. The summed E-state index contributed by atoms with van der Waals surface area (Å²) in [7, 11) is -1.60. The summed E-state index contributed by atoms with van der Waals surface area (Å²) in [6.07, 6.45) is 0.474. The van der Waals surface area contributed by atoms with Crippen LogP contribution in [0.25, 0.3) is 0 Å². The van der Waals surface area contributed by atoms with E-state index in [-0.39, 0.29) is 42.8 Å². The van der Waals surface area contributed by atoms with Gasteiger partial charge in [-0.05, 0) is 36.2 Å². The molecule has 2 atom stereocenters. The summed E-state index contributed by atoms with van der Waals surface area (Å²) in [6.45, 7) is 0.500. The van der Waals surface area contributed by atoms with Gasteiger partial charge in [0.05, 0.1) is 35.2 Å². The summed E-state index contributed by atoms with van der Waals surface area (Å²) >= 11 is 6.26. The molecule has 2 amide bonds. The van der Waals surface area contributed by atoms with Crippen molar-refractivity contribution in [2.75, 3.05) is 30.1 Å². The minimum atomic E-state index is -3.18. The molecule has 2 aromatic rings. The molecule has 2 aromatic carbocycles. The van der Waals surface area contributed by atoms with Crippen molar-refractivity contribution < 1.29 is 22.7 Å². The molecule has 0 saturated carbocycles. The van der Waals surface area contributed by atoms with E-state index in [2.05, 4.69) is 0 Å². The number of sulfone groups is 1. The third kappa shape index (κ3) is 4.76. The number of halogens is 1. The highest BCUT2D eigenvalue weighted by molar-refractivity contribution is 7.91. The second-order valence-electron chi connectivity index (χ2n) is 8.23. The van der Waals surface area contributed by atoms with Crippen LogP contribution in [-0.2, 0) is 26.0 Å². The number of ether oxygens (including phenoxy) is 1. The normalized spacial score (nSPS) is 22.2. The molecular weight excluding hydrogens is 452 g/mol. The summed E-state index contributed by atoms with van der Waals surface area (Å²) in [5, 5.41) is 0.450. The number of rotatable bonds is 6. The second-order valence-corrected chi connectivity index (χ2v) is 10.9. The zero-order valence-corrected chi connectivity index (χ0v) is 19.3. The highest BCUT2D eigenvalue weighted by Crippen LogP contribution is 2.33. The summed E-state index contributed by atoms with van der Waals surface area (Å²) < 4.78 is 29.4. The Hall–Kier alpha value is -2.58. The molecule has 32 heavy (non-hydrogen) atoms. The highest BCUT2D eigenvalue weighted by Gasteiger charge is 2.42. The van der Waals surface area contributed by atoms with E-state index in [1.807, 2.05) is 24.3 Å². The van der Waals surface area contributed by atoms with Gasteiger partial charge in [0.15, 0.2) is 9.84 Å². The van der Waals surface area contributed by atoms with Gasteiger partial charge in [-0.15, -0.1) is 0 Å². The minimum Gasteiger partial charge on any atom is -0.497 e. The average Bonchev–Trinajstić information content (AvgIpc) is 3.34. The fourth-order valence-corrected chi connectivity index (χ4v) is 6.32. The first-order valence-electron chi connectivity index (χ1n) is 10.5. The smallest absolute Gasteiger partial charge is 0.228 e. The summed E-state index contributed by atoms with van der Waals surface area (Å²) in [6, 6.07) is 14.0. The van der Waals surface area contributed by atoms with Crippen molar-refractivity contribution in [3.05, 3.63) is 59.1 Å². The van der Waals surface area contributed by atoms with Crippen LogP contribution >= 0.6 is 11.6 Å². The van der Waals surface area contributed by atoms with E-state index in [1.54, 1.807) is 41.2 Å². The predicted molar refractivity (Wildman–Crippen MR) is 123 cm³/mol. The third-order valence-corrected chi connectivity index (χ3v) is 8.13. The summed E-state index contributed by atoms with van der Waals surface area (Å²) in [5.74, 6) is -0.207. The van der Waals surface area contributed by atoms with Crippen LogP contribution < -0.4 is 9.64 Å². The molecular formula is C23H25ClN2O5S. The van der Waals surface area contributed by atoms with Crippen molar-refractivity contribution in [1.82, 2.24) is 4.90 Å². The predicted octanol–water partition coefficient (Wildman–Crippen LogP) is 2.92. The van der Waals surface area contributed by atoms with E-state index in [4.69, 9.17) is 16.3 Å². The van der Waals surface area contributed by atoms with Gasteiger partial charge >= 0.3 is 0 Å². The number of methoxy groups -OCH3 is 1. The Balaban J connectivity index is 1.57. The number of carbonyl (C=O) groups is 2. The summed E-state index contributed by atoms with van der Waals surface area (Å²) in [5.41, 5.74) is 1.45. The van der Waals surface area contributed by atoms with E-state index in [9.17, 15) is 18.0 Å². The van der Waals surface area contributed by atoms with Crippen LogP contribution in [0.5, 0.6) is 5.75 Å². The first kappa shape index (κ1) is 22.6. The van der Waals surface area contributed by atoms with Crippen LogP contribution in [-0.4, -0.2) is 56.3 Å². The highest BCUT2D eigenvalue weighted by atomic mass is 35.5. The van der Waals surface area contributed by atoms with Gasteiger partial charge in [-0.25, -0.2) is 8.42 Å². The van der Waals surface area contributed by atoms with Crippen LogP contribution in [0.1, 0.15) is 18.4 Å². The molecule has 0 N–H and O–H groups in total. The van der Waals surface area contributed by atoms with E-state index in [0.717, 1.165) is 5.56 Å². The molecule has 2 aliphatic rings. The van der Waals surface area contributed by atoms with Gasteiger partial charge < -0.3 is 14.5 Å². The first-order chi connectivity index (χ1) is 15.3. The molecule has 2 heterocycles. The lowest BCUT2D eigenvalue weighted by Gasteiger charge is -2.31. The van der Waals surface area contributed by atoms with Gasteiger partial charge in [0, 0.05) is 25.6 Å². The molecule has 9 heteroatoms. The topological polar surface area (TPSA) is 84.0 Å². The number of nitrogens with zero attached hydrogens (tertiary/aromatic N) is 2. The second kappa shape index (κ2) is 9.11. The van der Waals surface area contributed by atoms with Crippen LogP contribution in [0.4, 0.5) is 5.69 Å². The van der Waals surface area contributed by atoms with E-state index in [1.165, 1.54) is 0 Å². The number of amides is 2. The first-order valence-corrected chi connectivity index (χ1v) is 12.7. The molecule has 7 nitrogen and oxygen atoms in total. The van der Waals surface area contributed by atoms with Gasteiger partial charge in [0.25, 0.3) is 0 Å². The molecule has 0 unspecified atom stereocenters. The molecule has 2 fully saturated rings. The Morgan fingerprint density at radius 3 is 2.53 bits per heavy atom. The van der Waals surface area contributed by atoms with E-state index < -0.39 is 21.8 Å². The molecule has 0 bridgehead atoms. The van der Waals surface area contributed by atoms with Crippen molar-refractivity contribution in [3.63, 3.8) is 0 Å². The molecule has 0 spiro atoms. The zero-order valence-electron chi connectivity index (χ0n) is 17.7. The Labute approximate surface area is 192 Å². The van der Waals surface area contributed by atoms with Crippen molar-refractivity contribution in [2.45, 2.75) is 25.4 Å². The fourth-order valence-electron chi connectivity index (χ4n) is 4.35. The van der Waals surface area contributed by atoms with Crippen LogP contribution in [0, 0.1) is 5.92 Å². The Bertz CT molecular complexity index is 1120. The average molecular weight is 477 g/mol. The third-order valence-electron chi connectivity index (χ3n) is 6.06. The minimum absolute atomic E-state index is 0.0518. The maximum atomic E-state index is 13.6. The lowest BCUT2D eigenvalue weighted by atomic mass is 10.0. The molecule has 0 aliphatic carbocycles. The fraction of sp³-hybridized carbons (Fsp3) is 0.391. The number of hydrogen-bond acceptors (Lipinski definition) is 5. The van der Waals surface area contributed by atoms with Crippen molar-refractivity contribution >= 4 is 38.9 Å². The Morgan fingerprint density at radius 2 is 1.91 bits per heavy atom. The zero-order chi connectivity index (χ0) is 22.9. The molecule has 170 valence electrons. The lowest BCUT2D eigenvalue weighted by Crippen LogP contribution is -2.44. The van der Waals surface area contributed by atoms with Gasteiger partial charge in [0.1, 0.15) is 5.75 Å². The largest absolute Gasteiger partial charge is 0.497 e. The van der Waals surface area contributed by atoms with Crippen molar-refractivity contribution in [3.8, 4) is 5.75 Å². The van der Waals surface area contributed by atoms with Crippen LogP contribution in [0.3, 0.4) is 0 Å². The van der Waals surface area contributed by atoms with Gasteiger partial charge in [-0.3, -0.25) is 9.59 Å². The number of para-hydroxylation sites is 1. The Kier molecular flexibility index (Phi) is 6.44. The van der Waals surface area contributed by atoms with Gasteiger partial charge in [-0.1, -0.05) is 35.9 Å². The van der Waals surface area contributed by atoms with Crippen molar-refractivity contribution in [1.29, 1.82) is 0 Å². The SMILES string of the molecule is COc1ccc(CN(C(=O)[C@@H]2CC(=O)N(c3ccccc3Cl)C2)[C@H]2CCS(=O)(=O)C2)cc1. The molecule has 4 rings (SSSR count). The van der Waals surface area contributed by atoms with Crippen LogP contribution in [0.15, 0.2) is 48.5 Å². The monoisotopic (exact) mass is 476 g/mol. The lowest BCUT2D eigenvalue weighted by molar-refractivity contribution is -0.138. The van der Waals surface area contributed by atoms with E-state index >= 15 is 0 Å². The standard InChI is InChI=1S/C23H25ClN2O5S/c1-31-19-8-6-16(7-9-19)13-25(18-10-11-32(29,30)15-18)23(28)17-12-22(27)26(14-17)21-5-3-2-4-20(21)24/h2-9,17-18H,10-15H2,1H3/t17-,18+/m1/s1. The van der Waals surface area contributed by atoms with Gasteiger partial charge in [-0.2, -0.15) is 0 Å². The quantitative estimate of drug-likeness (QED) is 0.640. The van der Waals surface area contributed by atoms with E-state index in [0.29, 0.717) is 22.9 Å². The van der Waals surface area contributed by atoms with Crippen LogP contribution in [0.2, 0.25) is 5.02 Å². The number of carbonyl (C=O) groups excluding carboxylic acids is 2. The maximum absolute atomic E-state index is 13.6. The van der Waals surface area contributed by atoms with Gasteiger partial charge in [0.2, 0.25) is 11.8 Å². The molecule has 0 radical (unpaired) electrons. The number of hydrogen-bond donors (Lipinski definition) is 0. The maximum Gasteiger partial charge on any atom is 0.228 e. The molecule has 0 aromatic heterocycles. The molecule has 2 saturated heterocycles. The number of benzene rings is 2. The Morgan fingerprint density at radius 1 is 1.19 bits per heavy atom. The molecule has 2 aliphatic heterocycles.